The number of thioether (sulfide) groups is 1. The summed E-state index contributed by atoms with van der Waals surface area (Å²) in [6.45, 7) is 5.72. The highest BCUT2D eigenvalue weighted by molar-refractivity contribution is 7.98. The Morgan fingerprint density at radius 3 is 2.67 bits per heavy atom. The summed E-state index contributed by atoms with van der Waals surface area (Å²) in [5, 5.41) is 4.46. The summed E-state index contributed by atoms with van der Waals surface area (Å²) in [6.07, 6.45) is 5.64. The first-order valence-electron chi connectivity index (χ1n) is 8.34. The summed E-state index contributed by atoms with van der Waals surface area (Å²) in [4.78, 5) is 13.2. The summed E-state index contributed by atoms with van der Waals surface area (Å²) in [5.41, 5.74) is 0.902. The standard InChI is InChI=1S/C19H24N2O2S/c1-19(2,3)23-18(22)15-9-16(10-15)21-12-17(11-20-21)24-13-14-7-5-4-6-8-14/h4-8,11-12,15-16H,9-10,13H2,1-3H3/t15-,16-. The average molecular weight is 344 g/mol. The van der Waals surface area contributed by atoms with Crippen LogP contribution in [-0.4, -0.2) is 21.4 Å². The Labute approximate surface area is 147 Å². The van der Waals surface area contributed by atoms with Gasteiger partial charge in [-0.25, -0.2) is 0 Å². The van der Waals surface area contributed by atoms with Gasteiger partial charge in [-0.15, -0.1) is 11.8 Å². The van der Waals surface area contributed by atoms with Crippen molar-refractivity contribution in [2.24, 2.45) is 5.92 Å². The minimum absolute atomic E-state index is 0.0128. The molecule has 0 radical (unpaired) electrons. The lowest BCUT2D eigenvalue weighted by atomic mass is 9.80. The smallest absolute Gasteiger partial charge is 0.309 e. The zero-order chi connectivity index (χ0) is 17.2. The van der Waals surface area contributed by atoms with Gasteiger partial charge in [0.15, 0.2) is 0 Å². The molecule has 1 heterocycles. The van der Waals surface area contributed by atoms with Gasteiger partial charge in [-0.2, -0.15) is 5.10 Å². The fraction of sp³-hybridized carbons (Fsp3) is 0.474. The van der Waals surface area contributed by atoms with Crippen molar-refractivity contribution in [3.63, 3.8) is 0 Å². The van der Waals surface area contributed by atoms with E-state index in [-0.39, 0.29) is 11.9 Å². The highest BCUT2D eigenvalue weighted by atomic mass is 32.2. The molecular weight excluding hydrogens is 320 g/mol. The highest BCUT2D eigenvalue weighted by Crippen LogP contribution is 2.39. The molecule has 24 heavy (non-hydrogen) atoms. The lowest BCUT2D eigenvalue weighted by molar-refractivity contribution is -0.164. The van der Waals surface area contributed by atoms with E-state index in [1.807, 2.05) is 37.7 Å². The maximum Gasteiger partial charge on any atom is 0.309 e. The molecule has 0 N–H and O–H groups in total. The molecule has 0 unspecified atom stereocenters. The van der Waals surface area contributed by atoms with Crippen molar-refractivity contribution in [2.75, 3.05) is 0 Å². The fourth-order valence-corrected chi connectivity index (χ4v) is 3.55. The molecule has 0 aliphatic heterocycles. The maximum atomic E-state index is 12.0. The van der Waals surface area contributed by atoms with E-state index < -0.39 is 5.60 Å². The van der Waals surface area contributed by atoms with Crippen LogP contribution in [0.4, 0.5) is 0 Å². The van der Waals surface area contributed by atoms with Crippen LogP contribution in [0.2, 0.25) is 0 Å². The molecular formula is C19H24N2O2S. The number of rotatable bonds is 5. The van der Waals surface area contributed by atoms with E-state index in [9.17, 15) is 4.79 Å². The van der Waals surface area contributed by atoms with Crippen LogP contribution in [0, 0.1) is 5.92 Å². The quantitative estimate of drug-likeness (QED) is 0.593. The number of esters is 1. The third-order valence-corrected chi connectivity index (χ3v) is 5.08. The van der Waals surface area contributed by atoms with Crippen LogP contribution in [0.1, 0.15) is 45.2 Å². The van der Waals surface area contributed by atoms with Crippen LogP contribution in [0.5, 0.6) is 0 Å². The van der Waals surface area contributed by atoms with Gasteiger partial charge in [0.2, 0.25) is 0 Å². The lowest BCUT2D eigenvalue weighted by Gasteiger charge is -2.35. The van der Waals surface area contributed by atoms with E-state index in [1.165, 1.54) is 10.5 Å². The zero-order valence-electron chi connectivity index (χ0n) is 14.4. The van der Waals surface area contributed by atoms with Gasteiger partial charge in [-0.1, -0.05) is 30.3 Å². The third-order valence-electron chi connectivity index (χ3n) is 4.05. The Hall–Kier alpha value is -1.75. The average Bonchev–Trinajstić information content (AvgIpc) is 2.91. The Bertz CT molecular complexity index is 685. The molecule has 1 aliphatic rings. The van der Waals surface area contributed by atoms with Gasteiger partial charge in [-0.3, -0.25) is 9.48 Å². The first kappa shape index (κ1) is 17.1. The van der Waals surface area contributed by atoms with Gasteiger partial charge in [0.05, 0.1) is 18.2 Å². The summed E-state index contributed by atoms with van der Waals surface area (Å²) < 4.78 is 7.44. The van der Waals surface area contributed by atoms with Crippen LogP contribution < -0.4 is 0 Å². The van der Waals surface area contributed by atoms with Crippen molar-refractivity contribution in [1.29, 1.82) is 0 Å². The molecule has 5 heteroatoms. The molecule has 0 bridgehead atoms. The molecule has 3 rings (SSSR count). The molecule has 128 valence electrons. The summed E-state index contributed by atoms with van der Waals surface area (Å²) in [5.74, 6) is 0.876. The molecule has 1 saturated carbocycles. The molecule has 1 aromatic heterocycles. The molecule has 0 amide bonds. The van der Waals surface area contributed by atoms with Crippen molar-refractivity contribution >= 4 is 17.7 Å². The van der Waals surface area contributed by atoms with Crippen molar-refractivity contribution in [3.8, 4) is 0 Å². The molecule has 0 atom stereocenters. The second-order valence-electron chi connectivity index (χ2n) is 7.29. The molecule has 1 aliphatic carbocycles. The SMILES string of the molecule is CC(C)(C)OC(=O)[C@H]1C[C@H](n2cc(SCc3ccccc3)cn2)C1. The number of hydrogen-bond acceptors (Lipinski definition) is 4. The van der Waals surface area contributed by atoms with Gasteiger partial charge in [0.25, 0.3) is 0 Å². The van der Waals surface area contributed by atoms with Crippen molar-refractivity contribution < 1.29 is 9.53 Å². The van der Waals surface area contributed by atoms with Gasteiger partial charge < -0.3 is 4.74 Å². The van der Waals surface area contributed by atoms with Crippen molar-refractivity contribution in [3.05, 3.63) is 48.3 Å². The zero-order valence-corrected chi connectivity index (χ0v) is 15.3. The van der Waals surface area contributed by atoms with E-state index in [0.29, 0.717) is 6.04 Å². The third kappa shape index (κ3) is 4.41. The molecule has 1 fully saturated rings. The number of carbonyl (C=O) groups is 1. The number of hydrogen-bond donors (Lipinski definition) is 0. The van der Waals surface area contributed by atoms with Crippen LogP contribution in [-0.2, 0) is 15.3 Å². The van der Waals surface area contributed by atoms with Crippen LogP contribution in [0.25, 0.3) is 0 Å². The number of nitrogens with zero attached hydrogens (tertiary/aromatic N) is 2. The number of aromatic nitrogens is 2. The molecule has 2 aromatic rings. The Balaban J connectivity index is 1.48. The topological polar surface area (TPSA) is 44.1 Å². The number of benzene rings is 1. The van der Waals surface area contributed by atoms with Crippen LogP contribution >= 0.6 is 11.8 Å². The normalized spacial score (nSPS) is 20.5. The van der Waals surface area contributed by atoms with E-state index in [0.717, 1.165) is 18.6 Å². The van der Waals surface area contributed by atoms with Crippen LogP contribution in [0.15, 0.2) is 47.6 Å². The number of ether oxygens (including phenoxy) is 1. The summed E-state index contributed by atoms with van der Waals surface area (Å²) in [7, 11) is 0. The second kappa shape index (κ2) is 7.01. The van der Waals surface area contributed by atoms with Gasteiger partial charge in [0.1, 0.15) is 5.60 Å². The first-order chi connectivity index (χ1) is 11.4. The van der Waals surface area contributed by atoms with E-state index in [1.54, 1.807) is 11.8 Å². The van der Waals surface area contributed by atoms with Crippen molar-refractivity contribution in [1.82, 2.24) is 9.78 Å². The van der Waals surface area contributed by atoms with Crippen molar-refractivity contribution in [2.45, 2.75) is 55.9 Å². The summed E-state index contributed by atoms with van der Waals surface area (Å²) >= 11 is 1.79. The molecule has 1 aromatic carbocycles. The Morgan fingerprint density at radius 1 is 1.29 bits per heavy atom. The predicted octanol–water partition coefficient (Wildman–Crippen LogP) is 4.47. The summed E-state index contributed by atoms with van der Waals surface area (Å²) in [6, 6.07) is 10.7. The van der Waals surface area contributed by atoms with Crippen LogP contribution in [0.3, 0.4) is 0 Å². The predicted molar refractivity (Wildman–Crippen MR) is 95.8 cm³/mol. The fourth-order valence-electron chi connectivity index (χ4n) is 2.72. The minimum atomic E-state index is -0.408. The van der Waals surface area contributed by atoms with E-state index >= 15 is 0 Å². The maximum absolute atomic E-state index is 12.0. The van der Waals surface area contributed by atoms with E-state index in [4.69, 9.17) is 4.74 Å². The Morgan fingerprint density at radius 2 is 2.00 bits per heavy atom. The largest absolute Gasteiger partial charge is 0.460 e. The lowest BCUT2D eigenvalue weighted by Crippen LogP contribution is -2.37. The second-order valence-corrected chi connectivity index (χ2v) is 8.33. The van der Waals surface area contributed by atoms with Gasteiger partial charge >= 0.3 is 5.97 Å². The van der Waals surface area contributed by atoms with Gasteiger partial charge in [0, 0.05) is 16.8 Å². The minimum Gasteiger partial charge on any atom is -0.460 e. The van der Waals surface area contributed by atoms with E-state index in [2.05, 4.69) is 35.6 Å². The number of carbonyl (C=O) groups excluding carboxylic acids is 1. The highest BCUT2D eigenvalue weighted by Gasteiger charge is 2.38. The van der Waals surface area contributed by atoms with Gasteiger partial charge in [-0.05, 0) is 39.2 Å². The molecule has 4 nitrogen and oxygen atoms in total. The molecule has 0 saturated heterocycles. The monoisotopic (exact) mass is 344 g/mol. The molecule has 0 spiro atoms. The first-order valence-corrected chi connectivity index (χ1v) is 9.33. The Kier molecular flexibility index (Phi) is 4.99.